The molecule has 4 rings (SSSR count). The number of amides is 1. The second kappa shape index (κ2) is 10.6. The van der Waals surface area contributed by atoms with Gasteiger partial charge in [-0.15, -0.1) is 10.2 Å². The Morgan fingerprint density at radius 3 is 2.58 bits per heavy atom. The Morgan fingerprint density at radius 2 is 1.84 bits per heavy atom. The molecule has 0 unspecified atom stereocenters. The number of carbonyl (C=O) groups excluding carboxylic acids is 1. The molecule has 1 aliphatic heterocycles. The second-order valence-electron chi connectivity index (χ2n) is 9.01. The van der Waals surface area contributed by atoms with Crippen molar-refractivity contribution in [2.45, 2.75) is 76.0 Å². The topological polar surface area (TPSA) is 63.1 Å². The Morgan fingerprint density at radius 1 is 1.10 bits per heavy atom. The number of benzene rings is 1. The summed E-state index contributed by atoms with van der Waals surface area (Å²) in [5, 5.41) is 13.1. The first-order valence-electron chi connectivity index (χ1n) is 11.8. The molecule has 31 heavy (non-hydrogen) atoms. The average Bonchev–Trinajstić information content (AvgIpc) is 3.24. The van der Waals surface area contributed by atoms with Crippen LogP contribution in [0.2, 0.25) is 0 Å². The summed E-state index contributed by atoms with van der Waals surface area (Å²) in [6.07, 6.45) is 8.58. The van der Waals surface area contributed by atoms with Crippen LogP contribution in [0, 0.1) is 5.92 Å². The van der Waals surface area contributed by atoms with Crippen LogP contribution in [0.15, 0.2) is 35.5 Å². The van der Waals surface area contributed by atoms with Crippen LogP contribution in [-0.2, 0) is 4.79 Å². The minimum Gasteiger partial charge on any atom is -0.352 e. The molecule has 0 bridgehead atoms. The predicted molar refractivity (Wildman–Crippen MR) is 125 cm³/mol. The summed E-state index contributed by atoms with van der Waals surface area (Å²) in [6.45, 7) is 6.68. The van der Waals surface area contributed by atoms with Gasteiger partial charge in [0.2, 0.25) is 5.91 Å². The summed E-state index contributed by atoms with van der Waals surface area (Å²) in [4.78, 5) is 15.2. The van der Waals surface area contributed by atoms with Gasteiger partial charge in [0.1, 0.15) is 0 Å². The SMILES string of the molecule is C[C@@H]1CCCC[C@@H]1NC(=O)CSc1nnc([C@@H](C)N2CCCCC2)n1-c1ccccc1. The molecule has 1 amide bonds. The van der Waals surface area contributed by atoms with E-state index in [4.69, 9.17) is 0 Å². The van der Waals surface area contributed by atoms with Crippen LogP contribution >= 0.6 is 11.8 Å². The first-order chi connectivity index (χ1) is 15.1. The maximum atomic E-state index is 12.7. The van der Waals surface area contributed by atoms with E-state index in [2.05, 4.69) is 51.0 Å². The molecule has 168 valence electrons. The van der Waals surface area contributed by atoms with E-state index >= 15 is 0 Å². The highest BCUT2D eigenvalue weighted by molar-refractivity contribution is 7.99. The van der Waals surface area contributed by atoms with E-state index in [0.29, 0.717) is 17.7 Å². The zero-order chi connectivity index (χ0) is 21.6. The number of para-hydroxylation sites is 1. The van der Waals surface area contributed by atoms with Gasteiger partial charge < -0.3 is 5.32 Å². The van der Waals surface area contributed by atoms with Gasteiger partial charge in [-0.05, 0) is 63.7 Å². The molecule has 1 aromatic heterocycles. The van der Waals surface area contributed by atoms with Crippen LogP contribution in [0.25, 0.3) is 5.69 Å². The number of likely N-dealkylation sites (tertiary alicyclic amines) is 1. The van der Waals surface area contributed by atoms with Crippen LogP contribution in [0.5, 0.6) is 0 Å². The van der Waals surface area contributed by atoms with E-state index in [0.717, 1.165) is 36.2 Å². The van der Waals surface area contributed by atoms with Crippen molar-refractivity contribution in [3.05, 3.63) is 36.2 Å². The van der Waals surface area contributed by atoms with Crippen LogP contribution < -0.4 is 5.32 Å². The molecule has 1 aromatic carbocycles. The van der Waals surface area contributed by atoms with Crippen LogP contribution in [0.1, 0.15) is 70.7 Å². The summed E-state index contributed by atoms with van der Waals surface area (Å²) >= 11 is 1.48. The Balaban J connectivity index is 1.49. The molecule has 1 saturated heterocycles. The van der Waals surface area contributed by atoms with Gasteiger partial charge in [0.25, 0.3) is 0 Å². The van der Waals surface area contributed by atoms with E-state index in [9.17, 15) is 4.79 Å². The normalized spacial score (nSPS) is 23.4. The van der Waals surface area contributed by atoms with Gasteiger partial charge in [-0.25, -0.2) is 0 Å². The lowest BCUT2D eigenvalue weighted by Crippen LogP contribution is -2.41. The van der Waals surface area contributed by atoms with E-state index in [1.807, 2.05) is 18.2 Å². The average molecular weight is 442 g/mol. The first-order valence-corrected chi connectivity index (χ1v) is 12.8. The fourth-order valence-corrected chi connectivity index (χ4v) is 5.61. The highest BCUT2D eigenvalue weighted by Crippen LogP contribution is 2.29. The Hall–Kier alpha value is -1.86. The maximum absolute atomic E-state index is 12.7. The summed E-state index contributed by atoms with van der Waals surface area (Å²) in [7, 11) is 0. The number of carbonyl (C=O) groups is 1. The minimum absolute atomic E-state index is 0.0944. The van der Waals surface area contributed by atoms with E-state index in [-0.39, 0.29) is 11.9 Å². The van der Waals surface area contributed by atoms with Crippen LogP contribution in [0.4, 0.5) is 0 Å². The third-order valence-corrected chi connectivity index (χ3v) is 7.70. The highest BCUT2D eigenvalue weighted by atomic mass is 32.2. The van der Waals surface area contributed by atoms with Gasteiger partial charge >= 0.3 is 0 Å². The summed E-state index contributed by atoms with van der Waals surface area (Å²) in [5.74, 6) is 1.98. The van der Waals surface area contributed by atoms with Gasteiger partial charge in [0, 0.05) is 11.7 Å². The predicted octanol–water partition coefficient (Wildman–Crippen LogP) is 4.60. The fraction of sp³-hybridized carbons (Fsp3) is 0.625. The number of piperidine rings is 1. The van der Waals surface area contributed by atoms with E-state index < -0.39 is 0 Å². The van der Waals surface area contributed by atoms with Crippen LogP contribution in [-0.4, -0.2) is 50.5 Å². The zero-order valence-corrected chi connectivity index (χ0v) is 19.6. The van der Waals surface area contributed by atoms with Gasteiger partial charge in [-0.3, -0.25) is 14.3 Å². The smallest absolute Gasteiger partial charge is 0.230 e. The Kier molecular flexibility index (Phi) is 7.67. The summed E-state index contributed by atoms with van der Waals surface area (Å²) in [6, 6.07) is 10.8. The lowest BCUT2D eigenvalue weighted by molar-refractivity contribution is -0.119. The molecule has 2 aliphatic rings. The number of rotatable bonds is 7. The molecule has 1 N–H and O–H groups in total. The largest absolute Gasteiger partial charge is 0.352 e. The second-order valence-corrected chi connectivity index (χ2v) is 9.95. The molecule has 2 aromatic rings. The minimum atomic E-state index is 0.0944. The van der Waals surface area contributed by atoms with Crippen molar-refractivity contribution in [1.82, 2.24) is 25.0 Å². The standard InChI is InChI=1S/C24H35N5OS/c1-18-11-7-8-14-21(18)25-22(30)17-31-24-27-26-23(19(2)28-15-9-4-10-16-28)29(24)20-12-5-3-6-13-20/h3,5-6,12-13,18-19,21H,4,7-11,14-17H2,1-2H3,(H,25,30)/t18-,19-,21+/m1/s1. The molecule has 1 saturated carbocycles. The third-order valence-electron chi connectivity index (χ3n) is 6.78. The van der Waals surface area contributed by atoms with Crippen LogP contribution in [0.3, 0.4) is 0 Å². The number of hydrogen-bond acceptors (Lipinski definition) is 5. The van der Waals surface area contributed by atoms with Crippen molar-refractivity contribution in [2.24, 2.45) is 5.92 Å². The first kappa shape index (κ1) is 22.3. The highest BCUT2D eigenvalue weighted by Gasteiger charge is 2.26. The van der Waals surface area contributed by atoms with Gasteiger partial charge in [-0.1, -0.05) is 56.1 Å². The van der Waals surface area contributed by atoms with E-state index in [1.54, 1.807) is 0 Å². The number of aromatic nitrogens is 3. The molecular weight excluding hydrogens is 406 g/mol. The Bertz CT molecular complexity index is 849. The van der Waals surface area contributed by atoms with Crippen molar-refractivity contribution in [3.63, 3.8) is 0 Å². The van der Waals surface area contributed by atoms with Crippen molar-refractivity contribution in [2.75, 3.05) is 18.8 Å². The van der Waals surface area contributed by atoms with Crippen molar-refractivity contribution < 1.29 is 4.79 Å². The van der Waals surface area contributed by atoms with Crippen molar-refractivity contribution in [1.29, 1.82) is 0 Å². The molecule has 6 nitrogen and oxygen atoms in total. The monoisotopic (exact) mass is 441 g/mol. The quantitative estimate of drug-likeness (QED) is 0.636. The number of thioether (sulfide) groups is 1. The lowest BCUT2D eigenvalue weighted by atomic mass is 9.86. The van der Waals surface area contributed by atoms with E-state index in [1.165, 1.54) is 50.3 Å². The number of nitrogens with one attached hydrogen (secondary N) is 1. The molecule has 7 heteroatoms. The molecule has 3 atom stereocenters. The van der Waals surface area contributed by atoms with Gasteiger partial charge in [-0.2, -0.15) is 0 Å². The summed E-state index contributed by atoms with van der Waals surface area (Å²) in [5.41, 5.74) is 1.05. The molecule has 0 spiro atoms. The number of nitrogens with zero attached hydrogens (tertiary/aromatic N) is 4. The van der Waals surface area contributed by atoms with Crippen molar-refractivity contribution >= 4 is 17.7 Å². The Labute approximate surface area is 190 Å². The fourth-order valence-electron chi connectivity index (χ4n) is 4.84. The van der Waals surface area contributed by atoms with Crippen molar-refractivity contribution in [3.8, 4) is 5.69 Å². The number of hydrogen-bond donors (Lipinski definition) is 1. The molecule has 2 fully saturated rings. The molecule has 1 aliphatic carbocycles. The van der Waals surface area contributed by atoms with Gasteiger partial charge in [0.15, 0.2) is 11.0 Å². The lowest BCUT2D eigenvalue weighted by Gasteiger charge is -2.31. The molecule has 2 heterocycles. The van der Waals surface area contributed by atoms with Gasteiger partial charge in [0.05, 0.1) is 11.8 Å². The molecule has 0 radical (unpaired) electrons. The third kappa shape index (κ3) is 5.50. The summed E-state index contributed by atoms with van der Waals surface area (Å²) < 4.78 is 2.14. The molecular formula is C24H35N5OS. The maximum Gasteiger partial charge on any atom is 0.230 e. The zero-order valence-electron chi connectivity index (χ0n) is 18.8.